The topological polar surface area (TPSA) is 115 Å². The van der Waals surface area contributed by atoms with Gasteiger partial charge in [-0.3, -0.25) is 4.79 Å². The van der Waals surface area contributed by atoms with E-state index in [4.69, 9.17) is 4.74 Å². The number of ether oxygens (including phenoxy) is 1. The Labute approximate surface area is 155 Å². The van der Waals surface area contributed by atoms with Crippen LogP contribution in [-0.4, -0.2) is 44.2 Å². The number of methoxy groups -OCH3 is 1. The number of rotatable bonds is 5. The number of carbonyl (C=O) groups is 2. The minimum absolute atomic E-state index is 0.330. The Kier molecular flexibility index (Phi) is 5.02. The Morgan fingerprint density at radius 3 is 2.70 bits per heavy atom. The van der Waals surface area contributed by atoms with Crippen LogP contribution < -0.4 is 5.32 Å². The summed E-state index contributed by atoms with van der Waals surface area (Å²) in [6, 6.07) is 5.44. The number of hydrogen-bond donors (Lipinski definition) is 2. The first-order valence-electron chi connectivity index (χ1n) is 8.41. The lowest BCUT2D eigenvalue weighted by Crippen LogP contribution is -2.14. The van der Waals surface area contributed by atoms with Gasteiger partial charge in [-0.2, -0.15) is 0 Å². The van der Waals surface area contributed by atoms with E-state index in [1.807, 2.05) is 19.9 Å². The molecule has 9 nitrogen and oxygen atoms in total. The normalized spacial score (nSPS) is 10.7. The molecule has 2 heterocycles. The van der Waals surface area contributed by atoms with Gasteiger partial charge in [0.1, 0.15) is 12.0 Å². The van der Waals surface area contributed by atoms with Gasteiger partial charge in [0.2, 0.25) is 0 Å². The van der Waals surface area contributed by atoms with Crippen LogP contribution in [0.15, 0.2) is 24.5 Å². The number of H-pyrrole nitrogens is 1. The molecule has 140 valence electrons. The summed E-state index contributed by atoms with van der Waals surface area (Å²) in [5.41, 5.74) is 4.26. The molecule has 0 atom stereocenters. The van der Waals surface area contributed by atoms with Crippen LogP contribution in [0, 0.1) is 13.8 Å². The van der Waals surface area contributed by atoms with E-state index in [0.717, 1.165) is 11.3 Å². The number of nitrogens with zero attached hydrogens (tertiary/aromatic N) is 4. The Hall–Kier alpha value is -3.49. The molecule has 0 aliphatic heterocycles. The van der Waals surface area contributed by atoms with Gasteiger partial charge in [0.05, 0.1) is 18.4 Å². The predicted molar refractivity (Wildman–Crippen MR) is 98.1 cm³/mol. The fourth-order valence-electron chi connectivity index (χ4n) is 2.93. The molecule has 1 aromatic carbocycles. The molecule has 0 saturated carbocycles. The molecule has 0 unspecified atom stereocenters. The third kappa shape index (κ3) is 3.43. The minimum atomic E-state index is -0.462. The highest BCUT2D eigenvalue weighted by Crippen LogP contribution is 2.23. The number of aryl methyl sites for hydroxylation is 2. The number of aromatic nitrogens is 5. The molecule has 0 fully saturated rings. The smallest absolute Gasteiger partial charge is 0.339 e. The molecule has 0 spiro atoms. The molecular formula is C18H20N6O3. The lowest BCUT2D eigenvalue weighted by atomic mass is 10.1. The molecular weight excluding hydrogens is 348 g/mol. The summed E-state index contributed by atoms with van der Waals surface area (Å²) >= 11 is 0. The summed E-state index contributed by atoms with van der Waals surface area (Å²) in [7, 11) is 1.32. The number of tetrazole rings is 1. The highest BCUT2D eigenvalue weighted by molar-refractivity contribution is 6.07. The van der Waals surface area contributed by atoms with Crippen molar-refractivity contribution in [2.45, 2.75) is 27.2 Å². The number of carbonyl (C=O) groups excluding carboxylic acids is 2. The van der Waals surface area contributed by atoms with Gasteiger partial charge in [0.15, 0.2) is 0 Å². The van der Waals surface area contributed by atoms with E-state index in [0.29, 0.717) is 34.6 Å². The Balaban J connectivity index is 1.92. The van der Waals surface area contributed by atoms with Crippen molar-refractivity contribution in [1.29, 1.82) is 0 Å². The molecule has 3 aromatic rings. The third-order valence-corrected chi connectivity index (χ3v) is 4.36. The van der Waals surface area contributed by atoms with Crippen LogP contribution in [0.4, 0.5) is 5.69 Å². The zero-order valence-electron chi connectivity index (χ0n) is 15.5. The number of esters is 1. The number of anilines is 1. The summed E-state index contributed by atoms with van der Waals surface area (Å²) in [5, 5.41) is 14.0. The van der Waals surface area contributed by atoms with E-state index in [1.54, 1.807) is 19.1 Å². The third-order valence-electron chi connectivity index (χ3n) is 4.36. The van der Waals surface area contributed by atoms with Gasteiger partial charge in [-0.1, -0.05) is 13.0 Å². The number of benzene rings is 1. The van der Waals surface area contributed by atoms with Crippen LogP contribution in [0.1, 0.15) is 44.6 Å². The maximum Gasteiger partial charge on any atom is 0.339 e. The zero-order chi connectivity index (χ0) is 19.6. The van der Waals surface area contributed by atoms with E-state index < -0.39 is 5.97 Å². The van der Waals surface area contributed by atoms with Gasteiger partial charge in [-0.15, -0.1) is 5.10 Å². The molecule has 1 amide bonds. The summed E-state index contributed by atoms with van der Waals surface area (Å²) in [5.74, 6) is -0.806. The first kappa shape index (κ1) is 18.3. The summed E-state index contributed by atoms with van der Waals surface area (Å²) < 4.78 is 6.35. The fourth-order valence-corrected chi connectivity index (χ4v) is 2.93. The Morgan fingerprint density at radius 2 is 2.07 bits per heavy atom. The first-order chi connectivity index (χ1) is 13.0. The quantitative estimate of drug-likeness (QED) is 0.667. The molecule has 2 aromatic heterocycles. The molecule has 2 N–H and O–H groups in total. The van der Waals surface area contributed by atoms with E-state index in [1.165, 1.54) is 18.1 Å². The average molecular weight is 368 g/mol. The van der Waals surface area contributed by atoms with Gasteiger partial charge in [-0.25, -0.2) is 9.48 Å². The second-order valence-electron chi connectivity index (χ2n) is 6.03. The minimum Gasteiger partial charge on any atom is -0.465 e. The molecule has 0 saturated heterocycles. The standard InChI is InChI=1S/C18H20N6O3/c1-5-13-15(18(26)27-4)11(3)16(21-13)17(25)20-12-7-6-10(2)14(8-12)24-9-19-22-23-24/h6-9,21H,5H2,1-4H3,(H,20,25). The van der Waals surface area contributed by atoms with Crippen molar-refractivity contribution < 1.29 is 14.3 Å². The molecule has 3 rings (SSSR count). The van der Waals surface area contributed by atoms with Crippen LogP contribution in [0.2, 0.25) is 0 Å². The largest absolute Gasteiger partial charge is 0.465 e. The van der Waals surface area contributed by atoms with Crippen LogP contribution in [0.3, 0.4) is 0 Å². The van der Waals surface area contributed by atoms with E-state index in [9.17, 15) is 9.59 Å². The number of nitrogens with one attached hydrogen (secondary N) is 2. The molecule has 27 heavy (non-hydrogen) atoms. The van der Waals surface area contributed by atoms with Gasteiger partial charge in [0.25, 0.3) is 5.91 Å². The SMILES string of the molecule is CCc1[nH]c(C(=O)Nc2ccc(C)c(-n3cnnn3)c2)c(C)c1C(=O)OC. The number of aromatic amines is 1. The van der Waals surface area contributed by atoms with E-state index in [-0.39, 0.29) is 5.91 Å². The van der Waals surface area contributed by atoms with Gasteiger partial charge in [0, 0.05) is 11.4 Å². The van der Waals surface area contributed by atoms with E-state index in [2.05, 4.69) is 25.8 Å². The van der Waals surface area contributed by atoms with Crippen molar-refractivity contribution in [2.24, 2.45) is 0 Å². The molecule has 9 heteroatoms. The lowest BCUT2D eigenvalue weighted by molar-refractivity contribution is 0.0599. The maximum atomic E-state index is 12.8. The van der Waals surface area contributed by atoms with Crippen molar-refractivity contribution in [3.63, 3.8) is 0 Å². The lowest BCUT2D eigenvalue weighted by Gasteiger charge is -2.09. The van der Waals surface area contributed by atoms with Crippen molar-refractivity contribution >= 4 is 17.6 Å². The molecule has 0 aliphatic carbocycles. The van der Waals surface area contributed by atoms with Crippen LogP contribution in [-0.2, 0) is 11.2 Å². The second-order valence-corrected chi connectivity index (χ2v) is 6.03. The van der Waals surface area contributed by atoms with Crippen molar-refractivity contribution in [3.05, 3.63) is 52.6 Å². The zero-order valence-corrected chi connectivity index (χ0v) is 15.5. The average Bonchev–Trinajstić information content (AvgIpc) is 3.30. The van der Waals surface area contributed by atoms with Crippen molar-refractivity contribution in [2.75, 3.05) is 12.4 Å². The number of hydrogen-bond acceptors (Lipinski definition) is 6. The highest BCUT2D eigenvalue weighted by Gasteiger charge is 2.23. The van der Waals surface area contributed by atoms with Crippen LogP contribution in [0.25, 0.3) is 5.69 Å². The van der Waals surface area contributed by atoms with Gasteiger partial charge >= 0.3 is 5.97 Å². The monoisotopic (exact) mass is 368 g/mol. The predicted octanol–water partition coefficient (Wildman–Crippen LogP) is 2.21. The Bertz CT molecular complexity index is 991. The van der Waals surface area contributed by atoms with E-state index >= 15 is 0 Å². The fraction of sp³-hybridized carbons (Fsp3) is 0.278. The summed E-state index contributed by atoms with van der Waals surface area (Å²) in [4.78, 5) is 27.8. The molecule has 0 bridgehead atoms. The molecule has 0 aliphatic rings. The Morgan fingerprint density at radius 1 is 1.30 bits per heavy atom. The second kappa shape index (κ2) is 7.40. The molecule has 0 radical (unpaired) electrons. The number of amides is 1. The first-order valence-corrected chi connectivity index (χ1v) is 8.41. The highest BCUT2D eigenvalue weighted by atomic mass is 16.5. The van der Waals surface area contributed by atoms with Crippen molar-refractivity contribution in [3.8, 4) is 5.69 Å². The van der Waals surface area contributed by atoms with Gasteiger partial charge < -0.3 is 15.0 Å². The summed E-state index contributed by atoms with van der Waals surface area (Å²) in [6.07, 6.45) is 2.06. The van der Waals surface area contributed by atoms with Crippen LogP contribution in [0.5, 0.6) is 0 Å². The van der Waals surface area contributed by atoms with Gasteiger partial charge in [-0.05, 0) is 54.0 Å². The summed E-state index contributed by atoms with van der Waals surface area (Å²) in [6.45, 7) is 5.55. The maximum absolute atomic E-state index is 12.8. The van der Waals surface area contributed by atoms with Crippen molar-refractivity contribution in [1.82, 2.24) is 25.2 Å². The van der Waals surface area contributed by atoms with Crippen LogP contribution >= 0.6 is 0 Å².